The van der Waals surface area contributed by atoms with Gasteiger partial charge in [0.25, 0.3) is 0 Å². The third kappa shape index (κ3) is 6.06. The standard InChI is InChI=1S/C23H28N2O4/c1-29-21-11-9-19(10-12-21)14-22(27)25-16-20(26)15-24(23(28)17-25)13-5-8-18-6-3-2-4-7-18/h2-4,6-7,9-12,20,26H,5,8,13-17H2,1H3. The van der Waals surface area contributed by atoms with Gasteiger partial charge in [0, 0.05) is 19.6 Å². The van der Waals surface area contributed by atoms with Gasteiger partial charge in [0.1, 0.15) is 5.75 Å². The molecule has 1 atom stereocenters. The van der Waals surface area contributed by atoms with Gasteiger partial charge in [-0.05, 0) is 36.1 Å². The van der Waals surface area contributed by atoms with Crippen LogP contribution in [-0.4, -0.2) is 66.1 Å². The number of carbonyl (C=O) groups excluding carboxylic acids is 2. The largest absolute Gasteiger partial charge is 0.497 e. The maximum Gasteiger partial charge on any atom is 0.242 e. The molecule has 0 spiro atoms. The van der Waals surface area contributed by atoms with Crippen LogP contribution >= 0.6 is 0 Å². The normalized spacial score (nSPS) is 17.2. The number of hydrogen-bond acceptors (Lipinski definition) is 4. The van der Waals surface area contributed by atoms with Crippen molar-refractivity contribution < 1.29 is 19.4 Å². The minimum Gasteiger partial charge on any atom is -0.497 e. The van der Waals surface area contributed by atoms with E-state index in [1.807, 2.05) is 30.3 Å². The second-order valence-electron chi connectivity index (χ2n) is 7.38. The fraction of sp³-hybridized carbons (Fsp3) is 0.391. The molecule has 2 aromatic carbocycles. The van der Waals surface area contributed by atoms with E-state index in [1.165, 1.54) is 10.5 Å². The van der Waals surface area contributed by atoms with Gasteiger partial charge in [-0.15, -0.1) is 0 Å². The minimum atomic E-state index is -0.738. The number of carbonyl (C=O) groups is 2. The second-order valence-corrected chi connectivity index (χ2v) is 7.38. The van der Waals surface area contributed by atoms with Crippen molar-refractivity contribution in [2.24, 2.45) is 0 Å². The van der Waals surface area contributed by atoms with Crippen molar-refractivity contribution in [3.05, 3.63) is 65.7 Å². The lowest BCUT2D eigenvalue weighted by molar-refractivity contribution is -0.138. The van der Waals surface area contributed by atoms with Crippen LogP contribution in [0.3, 0.4) is 0 Å². The molecule has 1 heterocycles. The summed E-state index contributed by atoms with van der Waals surface area (Å²) in [6, 6.07) is 17.4. The van der Waals surface area contributed by atoms with Crippen molar-refractivity contribution in [1.82, 2.24) is 9.80 Å². The SMILES string of the molecule is COc1ccc(CC(=O)N2CC(=O)N(CCCc3ccccc3)CC(O)C2)cc1. The first-order chi connectivity index (χ1) is 14.0. The average molecular weight is 396 g/mol. The fourth-order valence-corrected chi connectivity index (χ4v) is 3.55. The van der Waals surface area contributed by atoms with Crippen LogP contribution in [-0.2, 0) is 22.4 Å². The Morgan fingerprint density at radius 1 is 1.07 bits per heavy atom. The summed E-state index contributed by atoms with van der Waals surface area (Å²) < 4.78 is 5.13. The fourth-order valence-electron chi connectivity index (χ4n) is 3.55. The van der Waals surface area contributed by atoms with Gasteiger partial charge < -0.3 is 19.6 Å². The molecule has 1 N–H and O–H groups in total. The van der Waals surface area contributed by atoms with E-state index in [1.54, 1.807) is 24.1 Å². The van der Waals surface area contributed by atoms with Gasteiger partial charge in [-0.2, -0.15) is 0 Å². The predicted octanol–water partition coefficient (Wildman–Crippen LogP) is 1.90. The molecule has 1 aliphatic heterocycles. The summed E-state index contributed by atoms with van der Waals surface area (Å²) >= 11 is 0. The molecule has 0 aliphatic carbocycles. The number of β-amino-alcohol motifs (C(OH)–C–C–N with tert-alkyl or cyclic N) is 1. The Balaban J connectivity index is 1.54. The Labute approximate surface area is 171 Å². The number of ether oxygens (including phenoxy) is 1. The molecular weight excluding hydrogens is 368 g/mol. The first-order valence-corrected chi connectivity index (χ1v) is 9.95. The zero-order chi connectivity index (χ0) is 20.6. The van der Waals surface area contributed by atoms with Crippen molar-refractivity contribution in [2.75, 3.05) is 33.3 Å². The quantitative estimate of drug-likeness (QED) is 0.776. The van der Waals surface area contributed by atoms with E-state index < -0.39 is 6.10 Å². The van der Waals surface area contributed by atoms with E-state index >= 15 is 0 Å². The van der Waals surface area contributed by atoms with E-state index in [9.17, 15) is 14.7 Å². The number of rotatable bonds is 7. The Bertz CT molecular complexity index is 807. The maximum absolute atomic E-state index is 12.7. The molecule has 3 rings (SSSR count). The van der Waals surface area contributed by atoms with Crippen LogP contribution in [0, 0.1) is 0 Å². The molecule has 0 bridgehead atoms. The molecule has 29 heavy (non-hydrogen) atoms. The van der Waals surface area contributed by atoms with Gasteiger partial charge in [0.05, 0.1) is 26.2 Å². The van der Waals surface area contributed by atoms with Gasteiger partial charge in [0.15, 0.2) is 0 Å². The van der Waals surface area contributed by atoms with Gasteiger partial charge in [-0.3, -0.25) is 9.59 Å². The van der Waals surface area contributed by atoms with Crippen LogP contribution in [0.5, 0.6) is 5.75 Å². The molecule has 2 amide bonds. The molecule has 1 fully saturated rings. The molecule has 1 aliphatic rings. The van der Waals surface area contributed by atoms with Crippen LogP contribution in [0.4, 0.5) is 0 Å². The summed E-state index contributed by atoms with van der Waals surface area (Å²) in [5.41, 5.74) is 2.08. The van der Waals surface area contributed by atoms with E-state index in [4.69, 9.17) is 4.74 Å². The molecule has 1 unspecified atom stereocenters. The highest BCUT2D eigenvalue weighted by Gasteiger charge is 2.29. The van der Waals surface area contributed by atoms with Crippen LogP contribution < -0.4 is 4.74 Å². The van der Waals surface area contributed by atoms with Crippen molar-refractivity contribution in [3.8, 4) is 5.75 Å². The van der Waals surface area contributed by atoms with Crippen molar-refractivity contribution in [2.45, 2.75) is 25.4 Å². The molecular formula is C23H28N2O4. The Kier molecular flexibility index (Phi) is 7.25. The molecule has 6 heteroatoms. The van der Waals surface area contributed by atoms with Crippen LogP contribution in [0.2, 0.25) is 0 Å². The third-order valence-electron chi connectivity index (χ3n) is 5.14. The second kappa shape index (κ2) is 10.1. The number of aliphatic hydroxyl groups is 1. The number of methoxy groups -OCH3 is 1. The number of nitrogens with zero attached hydrogens (tertiary/aromatic N) is 2. The Hall–Kier alpha value is -2.86. The summed E-state index contributed by atoms with van der Waals surface area (Å²) in [6.07, 6.45) is 1.15. The zero-order valence-electron chi connectivity index (χ0n) is 16.8. The summed E-state index contributed by atoms with van der Waals surface area (Å²) in [5, 5.41) is 10.3. The van der Waals surface area contributed by atoms with E-state index in [-0.39, 0.29) is 37.9 Å². The molecule has 0 aromatic heterocycles. The topological polar surface area (TPSA) is 70.1 Å². The molecule has 0 saturated carbocycles. The predicted molar refractivity (Wildman–Crippen MR) is 111 cm³/mol. The lowest BCUT2D eigenvalue weighted by atomic mass is 10.1. The van der Waals surface area contributed by atoms with Crippen molar-refractivity contribution >= 4 is 11.8 Å². The Morgan fingerprint density at radius 2 is 1.79 bits per heavy atom. The van der Waals surface area contributed by atoms with Gasteiger partial charge in [-0.25, -0.2) is 0 Å². The number of amides is 2. The summed E-state index contributed by atoms with van der Waals surface area (Å²) in [6.45, 7) is 1.03. The molecule has 2 aromatic rings. The summed E-state index contributed by atoms with van der Waals surface area (Å²) in [5.74, 6) is 0.458. The molecule has 154 valence electrons. The molecule has 1 saturated heterocycles. The summed E-state index contributed by atoms with van der Waals surface area (Å²) in [4.78, 5) is 28.5. The first-order valence-electron chi connectivity index (χ1n) is 9.95. The van der Waals surface area contributed by atoms with Crippen molar-refractivity contribution in [1.29, 1.82) is 0 Å². The van der Waals surface area contributed by atoms with Gasteiger partial charge >= 0.3 is 0 Å². The monoisotopic (exact) mass is 396 g/mol. The minimum absolute atomic E-state index is 0.0113. The average Bonchev–Trinajstić information content (AvgIpc) is 2.87. The molecule has 6 nitrogen and oxygen atoms in total. The highest BCUT2D eigenvalue weighted by Crippen LogP contribution is 2.14. The highest BCUT2D eigenvalue weighted by atomic mass is 16.5. The first kappa shape index (κ1) is 20.9. The lowest BCUT2D eigenvalue weighted by Crippen LogP contribution is -2.40. The van der Waals surface area contributed by atoms with Crippen molar-refractivity contribution in [3.63, 3.8) is 0 Å². The third-order valence-corrected chi connectivity index (χ3v) is 5.14. The van der Waals surface area contributed by atoms with Crippen LogP contribution in [0.25, 0.3) is 0 Å². The van der Waals surface area contributed by atoms with Gasteiger partial charge in [-0.1, -0.05) is 42.5 Å². The van der Waals surface area contributed by atoms with Crippen LogP contribution in [0.15, 0.2) is 54.6 Å². The van der Waals surface area contributed by atoms with E-state index in [2.05, 4.69) is 12.1 Å². The number of hydrogen-bond donors (Lipinski definition) is 1. The lowest BCUT2D eigenvalue weighted by Gasteiger charge is -2.22. The number of aliphatic hydroxyl groups excluding tert-OH is 1. The smallest absolute Gasteiger partial charge is 0.242 e. The maximum atomic E-state index is 12.7. The molecule has 0 radical (unpaired) electrons. The Morgan fingerprint density at radius 3 is 2.48 bits per heavy atom. The number of benzene rings is 2. The van der Waals surface area contributed by atoms with E-state index in [0.717, 1.165) is 24.2 Å². The van der Waals surface area contributed by atoms with Gasteiger partial charge in [0.2, 0.25) is 11.8 Å². The van der Waals surface area contributed by atoms with E-state index in [0.29, 0.717) is 6.54 Å². The van der Waals surface area contributed by atoms with Crippen LogP contribution in [0.1, 0.15) is 17.5 Å². The zero-order valence-corrected chi connectivity index (χ0v) is 16.8. The summed E-state index contributed by atoms with van der Waals surface area (Å²) in [7, 11) is 1.59. The highest BCUT2D eigenvalue weighted by molar-refractivity contribution is 5.86. The number of aryl methyl sites for hydroxylation is 1.